The van der Waals surface area contributed by atoms with Crippen LogP contribution in [0.3, 0.4) is 0 Å². The fourth-order valence-electron chi connectivity index (χ4n) is 2.72. The van der Waals surface area contributed by atoms with Crippen LogP contribution in [0.15, 0.2) is 47.4 Å². The van der Waals surface area contributed by atoms with Crippen LogP contribution in [0, 0.1) is 11.6 Å². The maximum absolute atomic E-state index is 14.2. The molecule has 6 nitrogen and oxygen atoms in total. The Hall–Kier alpha value is -2.36. The lowest BCUT2D eigenvalue weighted by molar-refractivity contribution is -0.115. The Bertz CT molecular complexity index is 944. The molecular weight excluding hydrogens is 378 g/mol. The van der Waals surface area contributed by atoms with Crippen LogP contribution in [0.1, 0.15) is 5.56 Å². The van der Waals surface area contributed by atoms with Crippen molar-refractivity contribution in [2.45, 2.75) is 11.3 Å². The van der Waals surface area contributed by atoms with Crippen molar-refractivity contribution in [1.82, 2.24) is 4.31 Å². The summed E-state index contributed by atoms with van der Waals surface area (Å²) < 4.78 is 59.4. The first kappa shape index (κ1) is 19.4. The van der Waals surface area contributed by atoms with Crippen molar-refractivity contribution in [2.75, 3.05) is 31.6 Å². The van der Waals surface area contributed by atoms with Gasteiger partial charge in [0, 0.05) is 18.8 Å². The smallest absolute Gasteiger partial charge is 0.246 e. The van der Waals surface area contributed by atoms with Crippen molar-refractivity contribution in [3.8, 4) is 0 Å². The average molecular weight is 396 g/mol. The predicted octanol–water partition coefficient (Wildman–Crippen LogP) is 2.17. The normalized spacial score (nSPS) is 15.5. The van der Waals surface area contributed by atoms with Gasteiger partial charge in [0.2, 0.25) is 15.9 Å². The van der Waals surface area contributed by atoms with E-state index in [1.54, 1.807) is 6.07 Å². The number of nitrogens with zero attached hydrogens (tertiary/aromatic N) is 1. The molecule has 1 saturated heterocycles. The third-order valence-electron chi connectivity index (χ3n) is 4.11. The molecule has 0 saturated carbocycles. The van der Waals surface area contributed by atoms with Gasteiger partial charge in [0.1, 0.15) is 16.5 Å². The van der Waals surface area contributed by atoms with Crippen molar-refractivity contribution in [2.24, 2.45) is 0 Å². The zero-order valence-electron chi connectivity index (χ0n) is 14.3. The number of hydrogen-bond donors (Lipinski definition) is 1. The molecule has 1 heterocycles. The van der Waals surface area contributed by atoms with E-state index in [4.69, 9.17) is 4.74 Å². The summed E-state index contributed by atoms with van der Waals surface area (Å²) in [6.07, 6.45) is -0.227. The topological polar surface area (TPSA) is 75.7 Å². The highest BCUT2D eigenvalue weighted by Crippen LogP contribution is 2.24. The lowest BCUT2D eigenvalue weighted by Gasteiger charge is -2.26. The monoisotopic (exact) mass is 396 g/mol. The molecule has 0 aliphatic carbocycles. The van der Waals surface area contributed by atoms with Crippen molar-refractivity contribution < 1.29 is 26.7 Å². The number of rotatable bonds is 5. The van der Waals surface area contributed by atoms with Gasteiger partial charge in [0.15, 0.2) is 0 Å². The highest BCUT2D eigenvalue weighted by Gasteiger charge is 2.29. The molecule has 3 rings (SSSR count). The van der Waals surface area contributed by atoms with E-state index in [9.17, 15) is 22.0 Å². The van der Waals surface area contributed by atoms with E-state index in [1.807, 2.05) is 0 Å². The molecule has 0 unspecified atom stereocenters. The number of benzene rings is 2. The first-order valence-electron chi connectivity index (χ1n) is 8.28. The second kappa shape index (κ2) is 8.12. The van der Waals surface area contributed by atoms with Crippen LogP contribution in [-0.4, -0.2) is 44.9 Å². The van der Waals surface area contributed by atoms with Gasteiger partial charge in [-0.1, -0.05) is 18.2 Å². The van der Waals surface area contributed by atoms with E-state index in [0.29, 0.717) is 0 Å². The average Bonchev–Trinajstić information content (AvgIpc) is 2.66. The van der Waals surface area contributed by atoms with Gasteiger partial charge < -0.3 is 10.1 Å². The second-order valence-corrected chi connectivity index (χ2v) is 7.88. The standard InChI is InChI=1S/C18H18F2N2O4S/c19-15-4-2-1-3-13(15)11-18(23)21-14-5-6-16(20)17(12-14)27(24,25)22-7-9-26-10-8-22/h1-6,12H,7-11H2,(H,21,23). The molecule has 27 heavy (non-hydrogen) atoms. The van der Waals surface area contributed by atoms with Crippen LogP contribution in [0.5, 0.6) is 0 Å². The largest absolute Gasteiger partial charge is 0.379 e. The number of anilines is 1. The molecule has 1 aliphatic rings. The number of halogens is 2. The fraction of sp³-hybridized carbons (Fsp3) is 0.278. The lowest BCUT2D eigenvalue weighted by Crippen LogP contribution is -2.40. The number of ether oxygens (including phenoxy) is 1. The van der Waals surface area contributed by atoms with Gasteiger partial charge in [-0.25, -0.2) is 17.2 Å². The molecule has 9 heteroatoms. The maximum Gasteiger partial charge on any atom is 0.246 e. The zero-order chi connectivity index (χ0) is 19.4. The Morgan fingerprint density at radius 2 is 1.78 bits per heavy atom. The number of amides is 1. The Balaban J connectivity index is 1.79. The van der Waals surface area contributed by atoms with Crippen LogP contribution in [0.2, 0.25) is 0 Å². The summed E-state index contributed by atoms with van der Waals surface area (Å²) >= 11 is 0. The minimum absolute atomic E-state index is 0.115. The molecule has 144 valence electrons. The van der Waals surface area contributed by atoms with Crippen LogP contribution in [0.4, 0.5) is 14.5 Å². The molecule has 0 bridgehead atoms. The number of carbonyl (C=O) groups excluding carboxylic acids is 1. The summed E-state index contributed by atoms with van der Waals surface area (Å²) in [4.78, 5) is 11.6. The maximum atomic E-state index is 14.2. The molecule has 1 fully saturated rings. The zero-order valence-corrected chi connectivity index (χ0v) is 15.1. The third kappa shape index (κ3) is 4.49. The molecular formula is C18H18F2N2O4S. The van der Waals surface area contributed by atoms with Crippen LogP contribution in [-0.2, 0) is 26.0 Å². The molecule has 0 aromatic heterocycles. The number of hydrogen-bond acceptors (Lipinski definition) is 4. The summed E-state index contributed by atoms with van der Waals surface area (Å²) in [5.74, 6) is -1.96. The Morgan fingerprint density at radius 1 is 1.07 bits per heavy atom. The SMILES string of the molecule is O=C(Cc1ccccc1F)Nc1ccc(F)c(S(=O)(=O)N2CCOCC2)c1. The summed E-state index contributed by atoms with van der Waals surface area (Å²) in [5.41, 5.74) is 0.322. The minimum Gasteiger partial charge on any atom is -0.379 e. The van der Waals surface area contributed by atoms with Crippen molar-refractivity contribution in [3.05, 3.63) is 59.7 Å². The van der Waals surface area contributed by atoms with E-state index < -0.39 is 32.5 Å². The number of morpholine rings is 1. The summed E-state index contributed by atoms with van der Waals surface area (Å²) in [6.45, 7) is 0.733. The van der Waals surface area contributed by atoms with E-state index in [-0.39, 0.29) is 44.0 Å². The highest BCUT2D eigenvalue weighted by atomic mass is 32.2. The first-order valence-corrected chi connectivity index (χ1v) is 9.72. The van der Waals surface area contributed by atoms with Gasteiger partial charge in [-0.3, -0.25) is 4.79 Å². The number of sulfonamides is 1. The molecule has 1 aliphatic heterocycles. The molecule has 1 N–H and O–H groups in total. The van der Waals surface area contributed by atoms with E-state index in [1.165, 1.54) is 24.3 Å². The van der Waals surface area contributed by atoms with Crippen LogP contribution < -0.4 is 5.32 Å². The Labute approximate surface area is 155 Å². The van der Waals surface area contributed by atoms with E-state index >= 15 is 0 Å². The van der Waals surface area contributed by atoms with E-state index in [0.717, 1.165) is 16.4 Å². The van der Waals surface area contributed by atoms with Gasteiger partial charge in [-0.15, -0.1) is 0 Å². The summed E-state index contributed by atoms with van der Waals surface area (Å²) in [6, 6.07) is 9.15. The molecule has 0 spiro atoms. The predicted molar refractivity (Wildman–Crippen MR) is 94.7 cm³/mol. The first-order chi connectivity index (χ1) is 12.9. The molecule has 2 aromatic rings. The van der Waals surface area contributed by atoms with Crippen molar-refractivity contribution >= 4 is 21.6 Å². The molecule has 1 amide bonds. The van der Waals surface area contributed by atoms with Gasteiger partial charge in [-0.05, 0) is 29.8 Å². The lowest BCUT2D eigenvalue weighted by atomic mass is 10.1. The molecule has 0 radical (unpaired) electrons. The van der Waals surface area contributed by atoms with Crippen LogP contribution in [0.25, 0.3) is 0 Å². The second-order valence-electron chi connectivity index (χ2n) is 5.98. The Kier molecular flexibility index (Phi) is 5.83. The van der Waals surface area contributed by atoms with E-state index in [2.05, 4.69) is 5.32 Å². The highest BCUT2D eigenvalue weighted by molar-refractivity contribution is 7.89. The Morgan fingerprint density at radius 3 is 2.48 bits per heavy atom. The van der Waals surface area contributed by atoms with Crippen molar-refractivity contribution in [1.29, 1.82) is 0 Å². The van der Waals surface area contributed by atoms with Gasteiger partial charge >= 0.3 is 0 Å². The van der Waals surface area contributed by atoms with Gasteiger partial charge in [-0.2, -0.15) is 4.31 Å². The van der Waals surface area contributed by atoms with Gasteiger partial charge in [0.25, 0.3) is 0 Å². The number of carbonyl (C=O) groups is 1. The fourth-order valence-corrected chi connectivity index (χ4v) is 4.22. The van der Waals surface area contributed by atoms with Crippen molar-refractivity contribution in [3.63, 3.8) is 0 Å². The minimum atomic E-state index is -4.05. The van der Waals surface area contributed by atoms with Gasteiger partial charge in [0.05, 0.1) is 19.6 Å². The number of nitrogens with one attached hydrogen (secondary N) is 1. The third-order valence-corrected chi connectivity index (χ3v) is 6.03. The molecule has 0 atom stereocenters. The van der Waals surface area contributed by atoms with Crippen LogP contribution >= 0.6 is 0 Å². The summed E-state index contributed by atoms with van der Waals surface area (Å²) in [5, 5.41) is 2.48. The summed E-state index contributed by atoms with van der Waals surface area (Å²) in [7, 11) is -4.05. The molecule has 2 aromatic carbocycles. The quantitative estimate of drug-likeness (QED) is 0.841.